The van der Waals surface area contributed by atoms with Crippen molar-refractivity contribution >= 4 is 27.7 Å². The van der Waals surface area contributed by atoms with Gasteiger partial charge in [0.25, 0.3) is 0 Å². The van der Waals surface area contributed by atoms with Crippen molar-refractivity contribution in [2.75, 3.05) is 37.8 Å². The molecule has 0 atom stereocenters. The van der Waals surface area contributed by atoms with Crippen LogP contribution in [0.1, 0.15) is 25.3 Å². The van der Waals surface area contributed by atoms with Crippen LogP contribution in [0.2, 0.25) is 0 Å². The van der Waals surface area contributed by atoms with E-state index >= 15 is 0 Å². The highest BCUT2D eigenvalue weighted by atomic mass is 32.2. The lowest BCUT2D eigenvalue weighted by Gasteiger charge is -2.36. The molecule has 1 aromatic rings. The second kappa shape index (κ2) is 9.18. The van der Waals surface area contributed by atoms with E-state index < -0.39 is 15.9 Å². The first-order valence-corrected chi connectivity index (χ1v) is 10.8. The molecule has 1 fully saturated rings. The lowest BCUT2D eigenvalue weighted by molar-refractivity contribution is -0.116. The molecule has 0 unspecified atom stereocenters. The molecule has 1 N–H and O–H groups in total. The zero-order chi connectivity index (χ0) is 20.0. The molecule has 0 radical (unpaired) electrons. The number of carbonyl (C=O) groups is 2. The Morgan fingerprint density at radius 1 is 1.22 bits per heavy atom. The molecule has 0 aromatic heterocycles. The molecule has 1 heterocycles. The molecule has 0 spiro atoms. The normalized spacial score (nSPS) is 15.6. The second-order valence-electron chi connectivity index (χ2n) is 6.64. The molecule has 0 aliphatic carbocycles. The van der Waals surface area contributed by atoms with Crippen molar-refractivity contribution in [3.05, 3.63) is 29.8 Å². The SMILES string of the molecule is CCOC(=O)N1CCC(N(CC(=O)Nc2ccc(C)cc2)S(C)(=O)=O)CC1. The predicted molar refractivity (Wildman–Crippen MR) is 103 cm³/mol. The number of nitrogens with one attached hydrogen (secondary N) is 1. The minimum Gasteiger partial charge on any atom is -0.450 e. The second-order valence-corrected chi connectivity index (χ2v) is 8.57. The van der Waals surface area contributed by atoms with Gasteiger partial charge in [-0.2, -0.15) is 4.31 Å². The van der Waals surface area contributed by atoms with Crippen LogP contribution in [-0.4, -0.2) is 68.2 Å². The Morgan fingerprint density at radius 3 is 2.33 bits per heavy atom. The number of hydrogen-bond acceptors (Lipinski definition) is 5. The number of nitrogens with zero attached hydrogens (tertiary/aromatic N) is 2. The zero-order valence-corrected chi connectivity index (χ0v) is 16.8. The summed E-state index contributed by atoms with van der Waals surface area (Å²) in [6, 6.07) is 6.96. The van der Waals surface area contributed by atoms with Gasteiger partial charge in [0.15, 0.2) is 0 Å². The first-order chi connectivity index (χ1) is 12.7. The molecule has 2 rings (SSSR count). The number of piperidine rings is 1. The maximum absolute atomic E-state index is 12.4. The number of hydrogen-bond donors (Lipinski definition) is 1. The molecule has 1 aliphatic rings. The van der Waals surface area contributed by atoms with E-state index in [1.165, 1.54) is 4.31 Å². The fraction of sp³-hybridized carbons (Fsp3) is 0.556. The maximum Gasteiger partial charge on any atom is 0.409 e. The Labute approximate surface area is 160 Å². The van der Waals surface area contributed by atoms with Crippen molar-refractivity contribution in [2.45, 2.75) is 32.7 Å². The van der Waals surface area contributed by atoms with Crippen LogP contribution in [0.5, 0.6) is 0 Å². The summed E-state index contributed by atoms with van der Waals surface area (Å²) < 4.78 is 30.6. The third-order valence-corrected chi connectivity index (χ3v) is 5.74. The number of amides is 2. The van der Waals surface area contributed by atoms with E-state index in [9.17, 15) is 18.0 Å². The molecule has 1 aliphatic heterocycles. The molecular formula is C18H27N3O5S. The first-order valence-electron chi connectivity index (χ1n) is 8.95. The highest BCUT2D eigenvalue weighted by Crippen LogP contribution is 2.20. The van der Waals surface area contributed by atoms with E-state index in [-0.39, 0.29) is 18.7 Å². The van der Waals surface area contributed by atoms with Crippen LogP contribution < -0.4 is 5.32 Å². The van der Waals surface area contributed by atoms with E-state index in [4.69, 9.17) is 4.74 Å². The van der Waals surface area contributed by atoms with Gasteiger partial charge >= 0.3 is 6.09 Å². The van der Waals surface area contributed by atoms with Crippen molar-refractivity contribution in [2.24, 2.45) is 0 Å². The number of benzene rings is 1. The molecule has 0 bridgehead atoms. The van der Waals surface area contributed by atoms with Crippen molar-refractivity contribution < 1.29 is 22.7 Å². The Balaban J connectivity index is 1.99. The van der Waals surface area contributed by atoms with Crippen molar-refractivity contribution in [3.63, 3.8) is 0 Å². The number of sulfonamides is 1. The number of ether oxygens (including phenoxy) is 1. The first kappa shape index (κ1) is 21.2. The van der Waals surface area contributed by atoms with E-state index in [1.54, 1.807) is 24.0 Å². The molecule has 2 amide bonds. The van der Waals surface area contributed by atoms with Crippen LogP contribution in [0.3, 0.4) is 0 Å². The monoisotopic (exact) mass is 397 g/mol. The van der Waals surface area contributed by atoms with E-state index in [1.807, 2.05) is 19.1 Å². The molecule has 27 heavy (non-hydrogen) atoms. The Bertz CT molecular complexity index is 756. The van der Waals surface area contributed by atoms with Crippen molar-refractivity contribution in [3.8, 4) is 0 Å². The predicted octanol–water partition coefficient (Wildman–Crippen LogP) is 1.82. The number of rotatable bonds is 6. The molecule has 0 saturated carbocycles. The van der Waals surface area contributed by atoms with Gasteiger partial charge in [0.05, 0.1) is 19.4 Å². The highest BCUT2D eigenvalue weighted by molar-refractivity contribution is 7.88. The fourth-order valence-electron chi connectivity index (χ4n) is 3.05. The average Bonchev–Trinajstić information content (AvgIpc) is 2.61. The summed E-state index contributed by atoms with van der Waals surface area (Å²) in [5.41, 5.74) is 1.69. The van der Waals surface area contributed by atoms with Crippen LogP contribution in [0.4, 0.5) is 10.5 Å². The third-order valence-electron chi connectivity index (χ3n) is 4.46. The van der Waals surface area contributed by atoms with Gasteiger partial charge in [-0.15, -0.1) is 0 Å². The summed E-state index contributed by atoms with van der Waals surface area (Å²) in [6.45, 7) is 4.52. The Kier molecular flexibility index (Phi) is 7.20. The topological polar surface area (TPSA) is 96.0 Å². The van der Waals surface area contributed by atoms with Crippen LogP contribution in [0.25, 0.3) is 0 Å². The molecule has 9 heteroatoms. The average molecular weight is 397 g/mol. The standard InChI is InChI=1S/C18H27N3O5S/c1-4-26-18(23)20-11-9-16(10-12-20)21(27(3,24)25)13-17(22)19-15-7-5-14(2)6-8-15/h5-8,16H,4,9-13H2,1-3H3,(H,19,22). The lowest BCUT2D eigenvalue weighted by Crippen LogP contribution is -2.50. The Hall–Kier alpha value is -2.13. The van der Waals surface area contributed by atoms with E-state index in [0.717, 1.165) is 11.8 Å². The lowest BCUT2D eigenvalue weighted by atomic mass is 10.1. The fourth-order valence-corrected chi connectivity index (χ4v) is 4.15. The quantitative estimate of drug-likeness (QED) is 0.790. The maximum atomic E-state index is 12.4. The van der Waals surface area contributed by atoms with Gasteiger partial charge in [-0.25, -0.2) is 13.2 Å². The largest absolute Gasteiger partial charge is 0.450 e. The summed E-state index contributed by atoms with van der Waals surface area (Å²) in [7, 11) is -3.57. The van der Waals surface area contributed by atoms with Crippen molar-refractivity contribution in [1.82, 2.24) is 9.21 Å². The van der Waals surface area contributed by atoms with Crippen molar-refractivity contribution in [1.29, 1.82) is 0 Å². The molecule has 1 saturated heterocycles. The third kappa shape index (κ3) is 6.21. The minimum atomic E-state index is -3.57. The van der Waals surface area contributed by atoms with E-state index in [2.05, 4.69) is 5.32 Å². The minimum absolute atomic E-state index is 0.253. The summed E-state index contributed by atoms with van der Waals surface area (Å²) in [5, 5.41) is 2.72. The van der Waals surface area contributed by atoms with Gasteiger partial charge in [0.1, 0.15) is 0 Å². The zero-order valence-electron chi connectivity index (χ0n) is 16.0. The molecule has 1 aromatic carbocycles. The van der Waals surface area contributed by atoms with Crippen LogP contribution in [-0.2, 0) is 19.6 Å². The molecular weight excluding hydrogens is 370 g/mol. The Morgan fingerprint density at radius 2 is 1.81 bits per heavy atom. The van der Waals surface area contributed by atoms with Gasteiger partial charge < -0.3 is 15.0 Å². The van der Waals surface area contributed by atoms with Gasteiger partial charge in [-0.3, -0.25) is 4.79 Å². The summed E-state index contributed by atoms with van der Waals surface area (Å²) in [4.78, 5) is 25.7. The summed E-state index contributed by atoms with van der Waals surface area (Å²) >= 11 is 0. The van der Waals surface area contributed by atoms with Gasteiger partial charge in [-0.1, -0.05) is 17.7 Å². The number of anilines is 1. The summed E-state index contributed by atoms with van der Waals surface area (Å²) in [5.74, 6) is -0.392. The number of likely N-dealkylation sites (tertiary alicyclic amines) is 1. The molecule has 150 valence electrons. The highest BCUT2D eigenvalue weighted by Gasteiger charge is 2.33. The van der Waals surface area contributed by atoms with E-state index in [0.29, 0.717) is 38.2 Å². The smallest absolute Gasteiger partial charge is 0.409 e. The number of carbonyl (C=O) groups excluding carboxylic acids is 2. The molecule has 8 nitrogen and oxygen atoms in total. The van der Waals surface area contributed by atoms with Gasteiger partial charge in [0, 0.05) is 24.8 Å². The number of aryl methyl sites for hydroxylation is 1. The van der Waals surface area contributed by atoms with Gasteiger partial charge in [-0.05, 0) is 38.8 Å². The van der Waals surface area contributed by atoms with Crippen LogP contribution >= 0.6 is 0 Å². The van der Waals surface area contributed by atoms with Crippen LogP contribution in [0.15, 0.2) is 24.3 Å². The summed E-state index contributed by atoms with van der Waals surface area (Å²) in [6.07, 6.45) is 1.64. The van der Waals surface area contributed by atoms with Crippen LogP contribution in [0, 0.1) is 6.92 Å². The van der Waals surface area contributed by atoms with Gasteiger partial charge in [0.2, 0.25) is 15.9 Å².